The van der Waals surface area contributed by atoms with E-state index in [1.54, 1.807) is 19.1 Å². The van der Waals surface area contributed by atoms with Gasteiger partial charge in [0.05, 0.1) is 9.84 Å². The summed E-state index contributed by atoms with van der Waals surface area (Å²) in [5, 5.41) is 9.50. The molecule has 1 saturated heterocycles. The molecule has 2 aromatic rings. The summed E-state index contributed by atoms with van der Waals surface area (Å²) in [5.74, 6) is -1.14. The van der Waals surface area contributed by atoms with Crippen LogP contribution >= 0.6 is 67.8 Å². The minimum atomic E-state index is -0.845. The number of piperazine rings is 1. The van der Waals surface area contributed by atoms with Crippen LogP contribution in [-0.2, 0) is 17.6 Å². The Bertz CT molecular complexity index is 1070. The van der Waals surface area contributed by atoms with Gasteiger partial charge in [-0.1, -0.05) is 105 Å². The van der Waals surface area contributed by atoms with Crippen molar-refractivity contribution in [2.75, 3.05) is 19.7 Å². The maximum atomic E-state index is 13.2. The molecule has 0 saturated carbocycles. The van der Waals surface area contributed by atoms with Crippen LogP contribution in [-0.4, -0.2) is 62.5 Å². The standard InChI is InChI=1S/C26H30FI3N2O4/c1-16-13-32(17(2)12-31(16)14-19-8-10-20(27)11-9-19)23(33)15-36-22-7-5-4-6-21(22)26(29,30)24(28)18(3)25(34)35/h4-11,16-18,24H,12-15H2,1-3H3,(H,34,35). The largest absolute Gasteiger partial charge is 0.483 e. The van der Waals surface area contributed by atoms with Gasteiger partial charge in [-0.25, -0.2) is 4.39 Å². The molecule has 1 aliphatic rings. The Morgan fingerprint density at radius 2 is 1.75 bits per heavy atom. The number of alkyl halides is 3. The van der Waals surface area contributed by atoms with Gasteiger partial charge < -0.3 is 14.7 Å². The molecule has 0 radical (unpaired) electrons. The maximum Gasteiger partial charge on any atom is 0.307 e. The first-order valence-corrected chi connectivity index (χ1v) is 15.1. The normalized spacial score (nSPS) is 20.6. The number of hydrogen-bond acceptors (Lipinski definition) is 4. The van der Waals surface area contributed by atoms with Crippen molar-refractivity contribution >= 4 is 79.6 Å². The van der Waals surface area contributed by atoms with Crippen molar-refractivity contribution in [2.24, 2.45) is 5.92 Å². The predicted octanol–water partition coefficient (Wildman–Crippen LogP) is 5.87. The van der Waals surface area contributed by atoms with Crippen molar-refractivity contribution in [2.45, 2.75) is 44.8 Å². The van der Waals surface area contributed by atoms with Crippen molar-refractivity contribution in [1.29, 1.82) is 0 Å². The van der Waals surface area contributed by atoms with Gasteiger partial charge in [-0.15, -0.1) is 0 Å². The molecule has 0 aromatic heterocycles. The zero-order chi connectivity index (χ0) is 26.6. The van der Waals surface area contributed by atoms with Crippen LogP contribution in [0.1, 0.15) is 31.9 Å². The molecule has 2 aromatic carbocycles. The molecule has 10 heteroatoms. The molecule has 1 heterocycles. The lowest BCUT2D eigenvalue weighted by Gasteiger charge is -2.44. The zero-order valence-corrected chi connectivity index (χ0v) is 26.8. The third-order valence-electron chi connectivity index (χ3n) is 6.51. The molecule has 1 aliphatic heterocycles. The van der Waals surface area contributed by atoms with Crippen molar-refractivity contribution in [3.63, 3.8) is 0 Å². The lowest BCUT2D eigenvalue weighted by molar-refractivity contribution is -0.141. The number of ether oxygens (including phenoxy) is 1. The summed E-state index contributed by atoms with van der Waals surface area (Å²) in [6.45, 7) is 7.75. The van der Waals surface area contributed by atoms with Gasteiger partial charge in [0.2, 0.25) is 0 Å². The molecular weight excluding hydrogens is 804 g/mol. The Balaban J connectivity index is 1.65. The van der Waals surface area contributed by atoms with Crippen LogP contribution in [0.15, 0.2) is 48.5 Å². The first kappa shape index (κ1) is 29.8. The minimum Gasteiger partial charge on any atom is -0.483 e. The van der Waals surface area contributed by atoms with Crippen molar-refractivity contribution in [1.82, 2.24) is 9.80 Å². The molecule has 4 atom stereocenters. The van der Waals surface area contributed by atoms with E-state index in [1.807, 2.05) is 36.1 Å². The van der Waals surface area contributed by atoms with E-state index in [0.717, 1.165) is 17.7 Å². The molecule has 1 amide bonds. The van der Waals surface area contributed by atoms with Gasteiger partial charge in [0.1, 0.15) is 13.0 Å². The highest BCUT2D eigenvalue weighted by atomic mass is 127. The molecule has 3 rings (SSSR count). The van der Waals surface area contributed by atoms with Gasteiger partial charge in [-0.05, 0) is 37.6 Å². The Morgan fingerprint density at radius 3 is 2.39 bits per heavy atom. The molecule has 0 spiro atoms. The second-order valence-electron chi connectivity index (χ2n) is 9.24. The molecule has 1 N–H and O–H groups in total. The van der Waals surface area contributed by atoms with E-state index < -0.39 is 13.3 Å². The fourth-order valence-corrected chi connectivity index (χ4v) is 6.88. The average molecular weight is 834 g/mol. The lowest BCUT2D eigenvalue weighted by Crippen LogP contribution is -2.58. The van der Waals surface area contributed by atoms with Crippen molar-refractivity contribution < 1.29 is 23.8 Å². The number of halogens is 4. The third-order valence-corrected chi connectivity index (χ3v) is 13.4. The second-order valence-corrected chi connectivity index (χ2v) is 16.0. The number of benzene rings is 2. The quantitative estimate of drug-likeness (QED) is 0.253. The molecule has 6 nitrogen and oxygen atoms in total. The highest BCUT2D eigenvalue weighted by Crippen LogP contribution is 2.51. The van der Waals surface area contributed by atoms with Crippen molar-refractivity contribution in [3.8, 4) is 5.75 Å². The van der Waals surface area contributed by atoms with E-state index in [2.05, 4.69) is 79.6 Å². The number of hydrogen-bond donors (Lipinski definition) is 1. The summed E-state index contributed by atoms with van der Waals surface area (Å²) >= 11 is 6.74. The molecule has 36 heavy (non-hydrogen) atoms. The number of carbonyl (C=O) groups is 2. The van der Waals surface area contributed by atoms with Crippen LogP contribution in [0.5, 0.6) is 5.75 Å². The monoisotopic (exact) mass is 834 g/mol. The summed E-state index contributed by atoms with van der Waals surface area (Å²) in [7, 11) is 0. The van der Waals surface area contributed by atoms with Crippen LogP contribution in [0.25, 0.3) is 0 Å². The van der Waals surface area contributed by atoms with Crippen molar-refractivity contribution in [3.05, 3.63) is 65.5 Å². The molecule has 0 bridgehead atoms. The number of para-hydroxylation sites is 1. The number of nitrogens with zero attached hydrogens (tertiary/aromatic N) is 2. The number of aliphatic carboxylic acids is 1. The molecule has 196 valence electrons. The Kier molecular flexibility index (Phi) is 10.7. The van der Waals surface area contributed by atoms with E-state index in [-0.39, 0.29) is 34.3 Å². The first-order chi connectivity index (χ1) is 16.9. The van der Waals surface area contributed by atoms with Crippen LogP contribution < -0.4 is 4.74 Å². The van der Waals surface area contributed by atoms with Crippen LogP contribution in [0.2, 0.25) is 0 Å². The molecular formula is C26H30FI3N2O4. The molecule has 0 aliphatic carbocycles. The fourth-order valence-electron chi connectivity index (χ4n) is 4.27. The van der Waals surface area contributed by atoms with E-state index in [9.17, 15) is 19.1 Å². The van der Waals surface area contributed by atoms with Gasteiger partial charge in [0, 0.05) is 37.3 Å². The lowest BCUT2D eigenvalue weighted by atomic mass is 10.0. The second kappa shape index (κ2) is 12.9. The Labute approximate surface area is 252 Å². The fraction of sp³-hybridized carbons (Fsp3) is 0.462. The topological polar surface area (TPSA) is 70.1 Å². The van der Waals surface area contributed by atoms with Gasteiger partial charge >= 0.3 is 5.97 Å². The third kappa shape index (κ3) is 7.22. The number of carboxylic acids is 1. The van der Waals surface area contributed by atoms with E-state index in [0.29, 0.717) is 18.8 Å². The zero-order valence-electron chi connectivity index (χ0n) is 20.3. The highest BCUT2D eigenvalue weighted by molar-refractivity contribution is 14.2. The Hall–Kier alpha value is -0.740. The summed E-state index contributed by atoms with van der Waals surface area (Å²) < 4.78 is 18.5. The summed E-state index contributed by atoms with van der Waals surface area (Å²) in [5.41, 5.74) is 1.90. The number of amides is 1. The summed E-state index contributed by atoms with van der Waals surface area (Å²) in [6.07, 6.45) is 0. The van der Waals surface area contributed by atoms with Gasteiger partial charge in [0.25, 0.3) is 5.91 Å². The van der Waals surface area contributed by atoms with E-state index in [4.69, 9.17) is 4.74 Å². The molecule has 1 fully saturated rings. The highest BCUT2D eigenvalue weighted by Gasteiger charge is 2.41. The summed E-state index contributed by atoms with van der Waals surface area (Å²) in [4.78, 5) is 28.9. The van der Waals surface area contributed by atoms with Gasteiger partial charge in [-0.2, -0.15) is 0 Å². The van der Waals surface area contributed by atoms with Gasteiger partial charge in [-0.3, -0.25) is 14.5 Å². The SMILES string of the molecule is CC(C(=O)O)C(I)C(I)(I)c1ccccc1OCC(=O)N1CC(C)N(Cc2ccc(F)cc2)CC1C. The number of rotatable bonds is 9. The predicted molar refractivity (Wildman–Crippen MR) is 164 cm³/mol. The smallest absolute Gasteiger partial charge is 0.307 e. The number of carbonyl (C=O) groups excluding carboxylic acids is 1. The van der Waals surface area contributed by atoms with Gasteiger partial charge in [0.15, 0.2) is 6.61 Å². The molecule has 4 unspecified atom stereocenters. The van der Waals surface area contributed by atoms with E-state index >= 15 is 0 Å². The van der Waals surface area contributed by atoms with Crippen LogP contribution in [0, 0.1) is 11.7 Å². The van der Waals surface area contributed by atoms with Crippen LogP contribution in [0.4, 0.5) is 4.39 Å². The van der Waals surface area contributed by atoms with Crippen LogP contribution in [0.3, 0.4) is 0 Å². The average Bonchev–Trinajstić information content (AvgIpc) is 2.85. The first-order valence-electron chi connectivity index (χ1n) is 11.7. The number of carboxylic acid groups (broad SMARTS) is 1. The summed E-state index contributed by atoms with van der Waals surface area (Å²) in [6, 6.07) is 14.2. The minimum absolute atomic E-state index is 0.0105. The Morgan fingerprint density at radius 1 is 1.11 bits per heavy atom. The van der Waals surface area contributed by atoms with E-state index in [1.165, 1.54) is 12.1 Å². The maximum absolute atomic E-state index is 13.2.